The Kier molecular flexibility index (Phi) is 7.79. The third kappa shape index (κ3) is 5.64. The van der Waals surface area contributed by atoms with E-state index in [0.717, 1.165) is 12.1 Å². The van der Waals surface area contributed by atoms with Gasteiger partial charge in [-0.1, -0.05) is 56.3 Å². The second-order valence-electron chi connectivity index (χ2n) is 8.64. The zero-order valence-corrected chi connectivity index (χ0v) is 20.4. The van der Waals surface area contributed by atoms with Crippen molar-refractivity contribution in [3.63, 3.8) is 0 Å². The van der Waals surface area contributed by atoms with Crippen LogP contribution in [0.15, 0.2) is 53.9 Å². The van der Waals surface area contributed by atoms with Crippen LogP contribution in [-0.4, -0.2) is 31.2 Å². The molecule has 0 spiro atoms. The van der Waals surface area contributed by atoms with Gasteiger partial charge in [0.25, 0.3) is 0 Å². The molecule has 0 saturated heterocycles. The first-order valence-corrected chi connectivity index (χ1v) is 12.6. The standard InChI is InChI=1S/C24H26ClF3N2O3S/c1-15(2)12-21(23(31)29-14-17-8-9-20(25)19(13-17)24(26,27)28)30-11-10-16(3)18-6-4-5-7-22(18)34(30,32)33/h4-9,13,15,21H,3,10-12,14H2,1-2H3,(H,29,31)/t21-/m0/s1. The lowest BCUT2D eigenvalue weighted by molar-refractivity contribution is -0.137. The average Bonchev–Trinajstić information content (AvgIpc) is 2.85. The van der Waals surface area contributed by atoms with Gasteiger partial charge in [0.2, 0.25) is 15.9 Å². The first-order chi connectivity index (χ1) is 15.8. The number of carbonyl (C=O) groups is 1. The van der Waals surface area contributed by atoms with Gasteiger partial charge < -0.3 is 5.32 Å². The predicted octanol–water partition coefficient (Wildman–Crippen LogP) is 5.50. The maximum absolute atomic E-state index is 13.5. The summed E-state index contributed by atoms with van der Waals surface area (Å²) < 4.78 is 67.7. The summed E-state index contributed by atoms with van der Waals surface area (Å²) in [6.07, 6.45) is -4.04. The topological polar surface area (TPSA) is 66.5 Å². The minimum absolute atomic E-state index is 0.0139. The van der Waals surface area contributed by atoms with Gasteiger partial charge in [0.1, 0.15) is 6.04 Å². The number of hydrogen-bond acceptors (Lipinski definition) is 3. The maximum atomic E-state index is 13.5. The van der Waals surface area contributed by atoms with Gasteiger partial charge in [-0.25, -0.2) is 8.42 Å². The van der Waals surface area contributed by atoms with E-state index in [1.54, 1.807) is 18.2 Å². The van der Waals surface area contributed by atoms with Crippen LogP contribution in [0.5, 0.6) is 0 Å². The van der Waals surface area contributed by atoms with Gasteiger partial charge in [-0.2, -0.15) is 17.5 Å². The number of nitrogens with zero attached hydrogens (tertiary/aromatic N) is 1. The van der Waals surface area contributed by atoms with Crippen molar-refractivity contribution >= 4 is 33.1 Å². The number of rotatable bonds is 6. The lowest BCUT2D eigenvalue weighted by Crippen LogP contribution is -2.50. The number of amides is 1. The van der Waals surface area contributed by atoms with Crippen LogP contribution < -0.4 is 5.32 Å². The van der Waals surface area contributed by atoms with Gasteiger partial charge in [-0.3, -0.25) is 4.79 Å². The zero-order valence-electron chi connectivity index (χ0n) is 18.8. The number of hydrogen-bond donors (Lipinski definition) is 1. The summed E-state index contributed by atoms with van der Waals surface area (Å²) in [5.74, 6) is -0.592. The van der Waals surface area contributed by atoms with Crippen LogP contribution in [0.2, 0.25) is 5.02 Å². The van der Waals surface area contributed by atoms with Crippen LogP contribution in [0.4, 0.5) is 13.2 Å². The molecule has 3 rings (SSSR count). The van der Waals surface area contributed by atoms with E-state index in [9.17, 15) is 26.4 Å². The molecule has 1 heterocycles. The average molecular weight is 515 g/mol. The molecule has 5 nitrogen and oxygen atoms in total. The Hall–Kier alpha value is -2.36. The molecule has 1 atom stereocenters. The lowest BCUT2D eigenvalue weighted by atomic mass is 10.0. The molecule has 1 aliphatic heterocycles. The number of sulfonamides is 1. The minimum atomic E-state index is -4.63. The number of fused-ring (bicyclic) bond motifs is 1. The minimum Gasteiger partial charge on any atom is -0.351 e. The fraction of sp³-hybridized carbons (Fsp3) is 0.375. The van der Waals surface area contributed by atoms with Crippen LogP contribution in [-0.2, 0) is 27.5 Å². The van der Waals surface area contributed by atoms with Gasteiger partial charge in [0.05, 0.1) is 15.5 Å². The summed E-state index contributed by atoms with van der Waals surface area (Å²) in [5.41, 5.74) is 0.386. The van der Waals surface area contributed by atoms with E-state index in [0.29, 0.717) is 17.6 Å². The number of alkyl halides is 3. The van der Waals surface area contributed by atoms with Crippen molar-refractivity contribution in [3.8, 4) is 0 Å². The van der Waals surface area contributed by atoms with E-state index in [-0.39, 0.29) is 35.9 Å². The monoisotopic (exact) mass is 514 g/mol. The highest BCUT2D eigenvalue weighted by Crippen LogP contribution is 2.36. The van der Waals surface area contributed by atoms with Crippen molar-refractivity contribution in [1.29, 1.82) is 0 Å². The molecule has 2 aromatic carbocycles. The summed E-state index contributed by atoms with van der Waals surface area (Å²) in [6.45, 7) is 7.60. The summed E-state index contributed by atoms with van der Waals surface area (Å²) in [7, 11) is -4.01. The molecule has 2 aromatic rings. The van der Waals surface area contributed by atoms with Gasteiger partial charge >= 0.3 is 6.18 Å². The molecule has 0 unspecified atom stereocenters. The second kappa shape index (κ2) is 10.1. The van der Waals surface area contributed by atoms with Crippen LogP contribution in [0.1, 0.15) is 43.4 Å². The maximum Gasteiger partial charge on any atom is 0.417 e. The second-order valence-corrected chi connectivity index (χ2v) is 10.9. The largest absolute Gasteiger partial charge is 0.417 e. The van der Waals surface area contributed by atoms with Gasteiger partial charge in [0, 0.05) is 13.1 Å². The first-order valence-electron chi connectivity index (χ1n) is 10.7. The van der Waals surface area contributed by atoms with Gasteiger partial charge in [0.15, 0.2) is 0 Å². The fourth-order valence-electron chi connectivity index (χ4n) is 3.94. The predicted molar refractivity (Wildman–Crippen MR) is 126 cm³/mol. The van der Waals surface area contributed by atoms with E-state index in [4.69, 9.17) is 11.6 Å². The Morgan fingerprint density at radius 3 is 2.53 bits per heavy atom. The molecule has 0 aromatic heterocycles. The Labute approximate surface area is 202 Å². The van der Waals surface area contributed by atoms with Crippen LogP contribution in [0.25, 0.3) is 5.57 Å². The molecular weight excluding hydrogens is 489 g/mol. The third-order valence-corrected chi connectivity index (χ3v) is 7.93. The Balaban J connectivity index is 1.89. The summed E-state index contributed by atoms with van der Waals surface area (Å²) >= 11 is 5.66. The van der Waals surface area contributed by atoms with Crippen LogP contribution in [0.3, 0.4) is 0 Å². The van der Waals surface area contributed by atoms with E-state index in [1.165, 1.54) is 16.4 Å². The number of carbonyl (C=O) groups excluding carboxylic acids is 1. The Morgan fingerprint density at radius 2 is 1.88 bits per heavy atom. The van der Waals surface area contributed by atoms with Gasteiger partial charge in [-0.05, 0) is 53.7 Å². The van der Waals surface area contributed by atoms with Crippen LogP contribution in [0, 0.1) is 5.92 Å². The molecule has 1 amide bonds. The molecule has 34 heavy (non-hydrogen) atoms. The zero-order chi connectivity index (χ0) is 25.3. The molecule has 0 bridgehead atoms. The molecule has 184 valence electrons. The number of benzene rings is 2. The quantitative estimate of drug-likeness (QED) is 0.553. The Bertz CT molecular complexity index is 1200. The molecule has 0 saturated carbocycles. The highest BCUT2D eigenvalue weighted by atomic mass is 35.5. The highest BCUT2D eigenvalue weighted by molar-refractivity contribution is 7.89. The molecule has 0 aliphatic carbocycles. The lowest BCUT2D eigenvalue weighted by Gasteiger charge is -2.30. The van der Waals surface area contributed by atoms with E-state index in [2.05, 4.69) is 11.9 Å². The normalized spacial score (nSPS) is 17.2. The summed E-state index contributed by atoms with van der Waals surface area (Å²) in [4.78, 5) is 13.3. The summed E-state index contributed by atoms with van der Waals surface area (Å²) in [5, 5.41) is 2.18. The van der Waals surface area contributed by atoms with E-state index < -0.39 is 38.7 Å². The molecular formula is C24H26ClF3N2O3S. The van der Waals surface area contributed by atoms with E-state index in [1.807, 2.05) is 13.8 Å². The smallest absolute Gasteiger partial charge is 0.351 e. The first kappa shape index (κ1) is 26.2. The third-order valence-electron chi connectivity index (χ3n) is 5.64. The Morgan fingerprint density at radius 1 is 1.21 bits per heavy atom. The molecule has 10 heteroatoms. The molecule has 0 radical (unpaired) electrons. The van der Waals surface area contributed by atoms with Gasteiger partial charge in [-0.15, -0.1) is 0 Å². The van der Waals surface area contributed by atoms with Crippen molar-refractivity contribution < 1.29 is 26.4 Å². The highest BCUT2D eigenvalue weighted by Gasteiger charge is 2.39. The van der Waals surface area contributed by atoms with Crippen molar-refractivity contribution in [1.82, 2.24) is 9.62 Å². The van der Waals surface area contributed by atoms with E-state index >= 15 is 0 Å². The molecule has 1 aliphatic rings. The number of halogens is 4. The summed E-state index contributed by atoms with van der Waals surface area (Å²) in [6, 6.07) is 8.89. The van der Waals surface area contributed by atoms with Crippen LogP contribution >= 0.6 is 11.6 Å². The van der Waals surface area contributed by atoms with Crippen molar-refractivity contribution in [2.75, 3.05) is 6.54 Å². The van der Waals surface area contributed by atoms with Crippen molar-refractivity contribution in [2.45, 2.75) is 50.3 Å². The molecule has 0 fully saturated rings. The van der Waals surface area contributed by atoms with Crippen molar-refractivity contribution in [3.05, 3.63) is 70.8 Å². The van der Waals surface area contributed by atoms with Crippen molar-refractivity contribution in [2.24, 2.45) is 5.92 Å². The SMILES string of the molecule is C=C1CCN([C@@H](CC(C)C)C(=O)NCc2ccc(Cl)c(C(F)(F)F)c2)S(=O)(=O)c2ccccc21. The molecule has 1 N–H and O–H groups in total. The number of nitrogens with one attached hydrogen (secondary N) is 1. The fourth-order valence-corrected chi connectivity index (χ4v) is 6.01.